The molecule has 0 aliphatic carbocycles. The van der Waals surface area contributed by atoms with E-state index in [2.05, 4.69) is 10.6 Å². The Balaban J connectivity index is 2.04. The topological polar surface area (TPSA) is 41.1 Å². The number of benzene rings is 2. The van der Waals surface area contributed by atoms with E-state index in [-0.39, 0.29) is 15.7 Å². The summed E-state index contributed by atoms with van der Waals surface area (Å²) in [6.45, 7) is 0. The predicted octanol–water partition coefficient (Wildman–Crippen LogP) is 4.26. The quantitative estimate of drug-likeness (QED) is 0.801. The molecule has 0 spiro atoms. The zero-order chi connectivity index (χ0) is 15.4. The van der Waals surface area contributed by atoms with Crippen molar-refractivity contribution in [1.29, 1.82) is 0 Å². The van der Waals surface area contributed by atoms with Gasteiger partial charge in [0.15, 0.2) is 5.11 Å². The fraction of sp³-hybridized carbons (Fsp3) is 0. The molecule has 21 heavy (non-hydrogen) atoms. The molecule has 7 heteroatoms. The van der Waals surface area contributed by atoms with Crippen LogP contribution in [0.1, 0.15) is 10.4 Å². The molecule has 2 N–H and O–H groups in total. The summed E-state index contributed by atoms with van der Waals surface area (Å²) in [6.07, 6.45) is 0. The molecule has 0 saturated carbocycles. The summed E-state index contributed by atoms with van der Waals surface area (Å²) in [4.78, 5) is 12.0. The lowest BCUT2D eigenvalue weighted by atomic mass is 10.2. The first-order chi connectivity index (χ1) is 9.95. The summed E-state index contributed by atoms with van der Waals surface area (Å²) in [5.41, 5.74) is 0.673. The van der Waals surface area contributed by atoms with Gasteiger partial charge in [-0.05, 0) is 48.6 Å². The first-order valence-corrected chi connectivity index (χ1v) is 6.95. The van der Waals surface area contributed by atoms with Crippen LogP contribution in [0.15, 0.2) is 42.5 Å². The molecular weight excluding hydrogens is 334 g/mol. The van der Waals surface area contributed by atoms with E-state index in [0.717, 1.165) is 0 Å². The third-order valence-electron chi connectivity index (χ3n) is 2.49. The predicted molar refractivity (Wildman–Crippen MR) is 86.5 cm³/mol. The van der Waals surface area contributed by atoms with E-state index in [1.807, 2.05) is 0 Å². The van der Waals surface area contributed by atoms with Crippen molar-refractivity contribution in [3.63, 3.8) is 0 Å². The van der Waals surface area contributed by atoms with Crippen molar-refractivity contribution in [3.05, 3.63) is 63.9 Å². The molecule has 0 saturated heterocycles. The van der Waals surface area contributed by atoms with E-state index >= 15 is 0 Å². The second-order valence-corrected chi connectivity index (χ2v) is 5.29. The number of halogens is 3. The highest BCUT2D eigenvalue weighted by Gasteiger charge is 2.12. The highest BCUT2D eigenvalue weighted by molar-refractivity contribution is 7.80. The maximum Gasteiger partial charge on any atom is 0.258 e. The van der Waals surface area contributed by atoms with Crippen molar-refractivity contribution < 1.29 is 9.18 Å². The molecule has 0 radical (unpaired) electrons. The van der Waals surface area contributed by atoms with E-state index in [4.69, 9.17) is 35.4 Å². The zero-order valence-electron chi connectivity index (χ0n) is 10.5. The van der Waals surface area contributed by atoms with Crippen LogP contribution in [-0.4, -0.2) is 11.0 Å². The van der Waals surface area contributed by atoms with E-state index in [9.17, 15) is 9.18 Å². The number of nitrogens with one attached hydrogen (secondary N) is 2. The summed E-state index contributed by atoms with van der Waals surface area (Å²) in [6, 6.07) is 10.2. The van der Waals surface area contributed by atoms with E-state index in [0.29, 0.717) is 10.7 Å². The SMILES string of the molecule is O=C(NC(=S)Nc1cccc(F)c1)c1ccc(Cl)cc1Cl. The lowest BCUT2D eigenvalue weighted by molar-refractivity contribution is 0.0978. The monoisotopic (exact) mass is 342 g/mol. The Kier molecular flexibility index (Phi) is 5.12. The molecule has 2 aromatic rings. The molecule has 2 rings (SSSR count). The Morgan fingerprint density at radius 2 is 1.90 bits per heavy atom. The van der Waals surface area contributed by atoms with Crippen LogP contribution in [0.4, 0.5) is 10.1 Å². The van der Waals surface area contributed by atoms with Gasteiger partial charge in [-0.25, -0.2) is 4.39 Å². The molecule has 0 aliphatic heterocycles. The largest absolute Gasteiger partial charge is 0.332 e. The fourth-order valence-electron chi connectivity index (χ4n) is 1.57. The van der Waals surface area contributed by atoms with Gasteiger partial charge in [-0.15, -0.1) is 0 Å². The molecule has 3 nitrogen and oxygen atoms in total. The number of hydrogen-bond donors (Lipinski definition) is 2. The highest BCUT2D eigenvalue weighted by atomic mass is 35.5. The maximum absolute atomic E-state index is 13.0. The van der Waals surface area contributed by atoms with Crippen LogP contribution in [0.2, 0.25) is 10.0 Å². The van der Waals surface area contributed by atoms with Gasteiger partial charge in [0.25, 0.3) is 5.91 Å². The molecule has 0 aliphatic rings. The molecule has 1 amide bonds. The summed E-state index contributed by atoms with van der Waals surface area (Å²) < 4.78 is 13.0. The van der Waals surface area contributed by atoms with E-state index in [1.165, 1.54) is 30.3 Å². The molecule has 0 bridgehead atoms. The molecule has 0 aromatic heterocycles. The number of anilines is 1. The lowest BCUT2D eigenvalue weighted by Gasteiger charge is -2.10. The van der Waals surface area contributed by atoms with Crippen molar-refractivity contribution in [3.8, 4) is 0 Å². The summed E-state index contributed by atoms with van der Waals surface area (Å²) in [7, 11) is 0. The molecule has 0 fully saturated rings. The average Bonchev–Trinajstić information content (AvgIpc) is 2.38. The van der Waals surface area contributed by atoms with Crippen molar-refractivity contribution in [2.45, 2.75) is 0 Å². The van der Waals surface area contributed by atoms with Gasteiger partial charge >= 0.3 is 0 Å². The first kappa shape index (κ1) is 15.7. The Morgan fingerprint density at radius 3 is 2.57 bits per heavy atom. The average molecular weight is 343 g/mol. The molecule has 108 valence electrons. The molecule has 0 heterocycles. The van der Waals surface area contributed by atoms with Crippen molar-refractivity contribution in [2.75, 3.05) is 5.32 Å². The minimum absolute atomic E-state index is 0.0385. The van der Waals surface area contributed by atoms with Crippen molar-refractivity contribution in [2.24, 2.45) is 0 Å². The lowest BCUT2D eigenvalue weighted by Crippen LogP contribution is -2.34. The van der Waals surface area contributed by atoms with Gasteiger partial charge in [0.2, 0.25) is 0 Å². The fourth-order valence-corrected chi connectivity index (χ4v) is 2.28. The summed E-state index contributed by atoms with van der Waals surface area (Å²) in [5, 5.41) is 5.84. The van der Waals surface area contributed by atoms with E-state index in [1.54, 1.807) is 12.1 Å². The van der Waals surface area contributed by atoms with Gasteiger partial charge in [0.1, 0.15) is 5.82 Å². The molecule has 0 atom stereocenters. The number of carbonyl (C=O) groups is 1. The van der Waals surface area contributed by atoms with Crippen LogP contribution in [-0.2, 0) is 0 Å². The number of thiocarbonyl (C=S) groups is 1. The van der Waals surface area contributed by atoms with E-state index < -0.39 is 11.7 Å². The Morgan fingerprint density at radius 1 is 1.14 bits per heavy atom. The van der Waals surface area contributed by atoms with Gasteiger partial charge < -0.3 is 5.32 Å². The van der Waals surface area contributed by atoms with Gasteiger partial charge in [0.05, 0.1) is 10.6 Å². The second kappa shape index (κ2) is 6.85. The third-order valence-corrected chi connectivity index (χ3v) is 3.24. The Hall–Kier alpha value is -1.69. The smallest absolute Gasteiger partial charge is 0.258 e. The maximum atomic E-state index is 13.0. The highest BCUT2D eigenvalue weighted by Crippen LogP contribution is 2.20. The second-order valence-electron chi connectivity index (χ2n) is 4.04. The minimum atomic E-state index is -0.481. The number of amides is 1. The van der Waals surface area contributed by atoms with Gasteiger partial charge in [0, 0.05) is 10.7 Å². The van der Waals surface area contributed by atoms with Crippen LogP contribution in [0.5, 0.6) is 0 Å². The minimum Gasteiger partial charge on any atom is -0.332 e. The summed E-state index contributed by atoms with van der Waals surface area (Å²) >= 11 is 16.7. The number of rotatable bonds is 2. The molecule has 2 aromatic carbocycles. The van der Waals surface area contributed by atoms with Crippen LogP contribution in [0.3, 0.4) is 0 Å². The van der Waals surface area contributed by atoms with Gasteiger partial charge in [-0.1, -0.05) is 29.3 Å². The number of hydrogen-bond acceptors (Lipinski definition) is 2. The third kappa shape index (κ3) is 4.39. The van der Waals surface area contributed by atoms with Crippen LogP contribution >= 0.6 is 35.4 Å². The Labute approximate surface area is 136 Å². The van der Waals surface area contributed by atoms with Crippen molar-refractivity contribution >= 4 is 52.1 Å². The van der Waals surface area contributed by atoms with Gasteiger partial charge in [-0.2, -0.15) is 0 Å². The van der Waals surface area contributed by atoms with Crippen molar-refractivity contribution in [1.82, 2.24) is 5.32 Å². The first-order valence-electron chi connectivity index (χ1n) is 5.78. The van der Waals surface area contributed by atoms with Gasteiger partial charge in [-0.3, -0.25) is 10.1 Å². The van der Waals surface area contributed by atoms with Crippen LogP contribution < -0.4 is 10.6 Å². The molecular formula is C14H9Cl2FN2OS. The van der Waals surface area contributed by atoms with Crippen LogP contribution in [0.25, 0.3) is 0 Å². The zero-order valence-corrected chi connectivity index (χ0v) is 12.8. The normalized spacial score (nSPS) is 10.0. The standard InChI is InChI=1S/C14H9Cl2FN2OS/c15-8-4-5-11(12(16)6-8)13(20)19-14(21)18-10-3-1-2-9(17)7-10/h1-7H,(H2,18,19,20,21). The number of carbonyl (C=O) groups excluding carboxylic acids is 1. The Bertz CT molecular complexity index is 709. The molecule has 0 unspecified atom stereocenters. The van der Waals surface area contributed by atoms with Crippen LogP contribution in [0, 0.1) is 5.82 Å². The summed E-state index contributed by atoms with van der Waals surface area (Å²) in [5.74, 6) is -0.888.